The van der Waals surface area contributed by atoms with Crippen molar-refractivity contribution >= 4 is 11.6 Å². The van der Waals surface area contributed by atoms with Gasteiger partial charge in [0.05, 0.1) is 5.70 Å². The minimum absolute atomic E-state index is 0.145. The van der Waals surface area contributed by atoms with Gasteiger partial charge in [-0.25, -0.2) is 4.39 Å². The summed E-state index contributed by atoms with van der Waals surface area (Å²) in [5, 5.41) is 0. The van der Waals surface area contributed by atoms with E-state index in [2.05, 4.69) is 16.9 Å². The van der Waals surface area contributed by atoms with Crippen LogP contribution in [-0.2, 0) is 11.2 Å². The number of nitrogens with one attached hydrogen (secondary N) is 2. The zero-order valence-electron chi connectivity index (χ0n) is 11.8. The van der Waals surface area contributed by atoms with Gasteiger partial charge in [-0.2, -0.15) is 0 Å². The van der Waals surface area contributed by atoms with Crippen LogP contribution in [0, 0.1) is 5.82 Å². The molecule has 112 valence electrons. The van der Waals surface area contributed by atoms with E-state index in [9.17, 15) is 9.18 Å². The van der Waals surface area contributed by atoms with Crippen molar-refractivity contribution in [3.63, 3.8) is 0 Å². The summed E-state index contributed by atoms with van der Waals surface area (Å²) in [5.74, 6) is -0.207. The van der Waals surface area contributed by atoms with E-state index in [1.54, 1.807) is 0 Å². The van der Waals surface area contributed by atoms with Gasteiger partial charge in [-0.3, -0.25) is 15.6 Å². The largest absolute Gasteiger partial charge is 0.484 e. The van der Waals surface area contributed by atoms with Crippen LogP contribution in [0.2, 0.25) is 0 Å². The summed E-state index contributed by atoms with van der Waals surface area (Å²) in [7, 11) is 0. The predicted molar refractivity (Wildman–Crippen MR) is 81.3 cm³/mol. The number of hydrogen-bond donors (Lipinski definition) is 2. The lowest BCUT2D eigenvalue weighted by Crippen LogP contribution is -2.39. The van der Waals surface area contributed by atoms with Crippen LogP contribution in [0.1, 0.15) is 11.1 Å². The second kappa shape index (κ2) is 6.30. The monoisotopic (exact) mass is 298 g/mol. The van der Waals surface area contributed by atoms with Crippen molar-refractivity contribution in [1.82, 2.24) is 10.9 Å². The second-order valence-electron chi connectivity index (χ2n) is 4.89. The first kappa shape index (κ1) is 14.1. The first-order chi connectivity index (χ1) is 10.7. The average molecular weight is 298 g/mol. The van der Waals surface area contributed by atoms with Crippen molar-refractivity contribution in [2.24, 2.45) is 0 Å². The van der Waals surface area contributed by atoms with E-state index < -0.39 is 0 Å². The Bertz CT molecular complexity index is 711. The van der Waals surface area contributed by atoms with Crippen molar-refractivity contribution < 1.29 is 13.9 Å². The quantitative estimate of drug-likeness (QED) is 0.834. The van der Waals surface area contributed by atoms with E-state index in [-0.39, 0.29) is 18.3 Å². The average Bonchev–Trinajstić information content (AvgIpc) is 2.96. The van der Waals surface area contributed by atoms with E-state index in [0.717, 1.165) is 17.7 Å². The van der Waals surface area contributed by atoms with Crippen molar-refractivity contribution in [2.75, 3.05) is 6.61 Å². The molecule has 0 unspecified atom stereocenters. The van der Waals surface area contributed by atoms with E-state index in [1.165, 1.54) is 29.8 Å². The number of rotatable bonds is 5. The van der Waals surface area contributed by atoms with Crippen LogP contribution in [0.15, 0.2) is 54.6 Å². The summed E-state index contributed by atoms with van der Waals surface area (Å²) in [5.41, 5.74) is 8.68. The third-order valence-electron chi connectivity index (χ3n) is 3.35. The second-order valence-corrected chi connectivity index (χ2v) is 4.89. The smallest absolute Gasteiger partial charge is 0.276 e. The van der Waals surface area contributed by atoms with Crippen molar-refractivity contribution in [3.8, 4) is 5.75 Å². The number of amides is 1. The van der Waals surface area contributed by atoms with Gasteiger partial charge in [0, 0.05) is 5.56 Å². The molecule has 1 amide bonds. The Morgan fingerprint density at radius 3 is 2.73 bits per heavy atom. The predicted octanol–water partition coefficient (Wildman–Crippen LogP) is 2.42. The zero-order chi connectivity index (χ0) is 15.4. The topological polar surface area (TPSA) is 50.4 Å². The molecule has 0 saturated carbocycles. The van der Waals surface area contributed by atoms with Gasteiger partial charge in [0.2, 0.25) is 0 Å². The zero-order valence-corrected chi connectivity index (χ0v) is 11.8. The molecule has 0 saturated heterocycles. The molecule has 2 aromatic rings. The summed E-state index contributed by atoms with van der Waals surface area (Å²) in [6, 6.07) is 13.5. The van der Waals surface area contributed by atoms with Crippen LogP contribution in [0.3, 0.4) is 0 Å². The minimum Gasteiger partial charge on any atom is -0.484 e. The van der Waals surface area contributed by atoms with Gasteiger partial charge in [0.25, 0.3) is 5.91 Å². The van der Waals surface area contributed by atoms with Gasteiger partial charge < -0.3 is 4.74 Å². The Kier molecular flexibility index (Phi) is 4.05. The van der Waals surface area contributed by atoms with Crippen molar-refractivity contribution in [1.29, 1.82) is 0 Å². The number of carbonyl (C=O) groups excluding carboxylic acids is 1. The highest BCUT2D eigenvalue weighted by Crippen LogP contribution is 2.24. The SMILES string of the molecule is O=C(COc1ccc(F)cc1)NNC1=CCc2ccccc21. The van der Waals surface area contributed by atoms with Gasteiger partial charge in [-0.15, -0.1) is 0 Å². The molecule has 2 aromatic carbocycles. The highest BCUT2D eigenvalue weighted by Gasteiger charge is 2.13. The normalized spacial score (nSPS) is 12.3. The molecule has 1 aliphatic carbocycles. The molecule has 0 bridgehead atoms. The molecular formula is C17H15FN2O2. The summed E-state index contributed by atoms with van der Waals surface area (Å²) in [4.78, 5) is 11.8. The molecular weight excluding hydrogens is 283 g/mol. The molecule has 5 heteroatoms. The Hall–Kier alpha value is -2.82. The number of carbonyl (C=O) groups is 1. The van der Waals surface area contributed by atoms with Crippen LogP contribution in [0.5, 0.6) is 5.75 Å². The third-order valence-corrected chi connectivity index (χ3v) is 3.35. The lowest BCUT2D eigenvalue weighted by molar-refractivity contribution is -0.123. The van der Waals surface area contributed by atoms with Gasteiger partial charge in [0.1, 0.15) is 11.6 Å². The minimum atomic E-state index is -0.342. The molecule has 0 aliphatic heterocycles. The number of benzene rings is 2. The number of hydrogen-bond acceptors (Lipinski definition) is 3. The Labute approximate surface area is 127 Å². The summed E-state index contributed by atoms with van der Waals surface area (Å²) < 4.78 is 18.0. The molecule has 0 fully saturated rings. The Balaban J connectivity index is 1.48. The van der Waals surface area contributed by atoms with Gasteiger partial charge in [-0.1, -0.05) is 30.3 Å². The Morgan fingerprint density at radius 1 is 1.14 bits per heavy atom. The fourth-order valence-electron chi connectivity index (χ4n) is 2.25. The van der Waals surface area contributed by atoms with Crippen molar-refractivity contribution in [2.45, 2.75) is 6.42 Å². The maximum absolute atomic E-state index is 12.7. The third kappa shape index (κ3) is 3.25. The van der Waals surface area contributed by atoms with E-state index in [4.69, 9.17) is 4.74 Å². The van der Waals surface area contributed by atoms with Crippen LogP contribution in [0.4, 0.5) is 4.39 Å². The van der Waals surface area contributed by atoms with Crippen LogP contribution in [-0.4, -0.2) is 12.5 Å². The number of hydrazine groups is 1. The van der Waals surface area contributed by atoms with Gasteiger partial charge in [-0.05, 0) is 36.2 Å². The van der Waals surface area contributed by atoms with E-state index in [1.807, 2.05) is 24.3 Å². The molecule has 0 atom stereocenters. The van der Waals surface area contributed by atoms with Crippen LogP contribution in [0.25, 0.3) is 5.70 Å². The van der Waals surface area contributed by atoms with E-state index in [0.29, 0.717) is 5.75 Å². The van der Waals surface area contributed by atoms with Crippen molar-refractivity contribution in [3.05, 3.63) is 71.6 Å². The first-order valence-electron chi connectivity index (χ1n) is 6.94. The maximum Gasteiger partial charge on any atom is 0.276 e. The number of allylic oxidation sites excluding steroid dienone is 1. The van der Waals surface area contributed by atoms with Gasteiger partial charge >= 0.3 is 0 Å². The summed E-state index contributed by atoms with van der Waals surface area (Å²) >= 11 is 0. The molecule has 0 aromatic heterocycles. The lowest BCUT2D eigenvalue weighted by atomic mass is 10.1. The first-order valence-corrected chi connectivity index (χ1v) is 6.94. The molecule has 0 spiro atoms. The molecule has 3 rings (SSSR count). The Morgan fingerprint density at radius 2 is 1.91 bits per heavy atom. The number of fused-ring (bicyclic) bond motifs is 1. The van der Waals surface area contributed by atoms with E-state index >= 15 is 0 Å². The fraction of sp³-hybridized carbons (Fsp3) is 0.118. The molecule has 2 N–H and O–H groups in total. The molecule has 0 heterocycles. The fourth-order valence-corrected chi connectivity index (χ4v) is 2.25. The standard InChI is InChI=1S/C17H15FN2O2/c18-13-6-8-14(9-7-13)22-11-17(21)20-19-16-10-5-12-3-1-2-4-15(12)16/h1-4,6-10,19H,5,11H2,(H,20,21). The lowest BCUT2D eigenvalue weighted by Gasteiger charge is -2.11. The molecule has 4 nitrogen and oxygen atoms in total. The molecule has 1 aliphatic rings. The number of ether oxygens (including phenoxy) is 1. The number of halogens is 1. The van der Waals surface area contributed by atoms with Crippen LogP contribution < -0.4 is 15.6 Å². The van der Waals surface area contributed by atoms with Crippen LogP contribution >= 0.6 is 0 Å². The molecule has 22 heavy (non-hydrogen) atoms. The summed E-state index contributed by atoms with van der Waals surface area (Å²) in [6.45, 7) is -0.145. The maximum atomic E-state index is 12.7. The summed E-state index contributed by atoms with van der Waals surface area (Å²) in [6.07, 6.45) is 2.87. The van der Waals surface area contributed by atoms with Gasteiger partial charge in [0.15, 0.2) is 6.61 Å². The highest BCUT2D eigenvalue weighted by atomic mass is 19.1. The molecule has 0 radical (unpaired) electrons. The highest BCUT2D eigenvalue weighted by molar-refractivity contribution is 5.79.